The fourth-order valence-electron chi connectivity index (χ4n) is 3.19. The van der Waals surface area contributed by atoms with Crippen LogP contribution in [0.5, 0.6) is 5.75 Å². The average Bonchev–Trinajstić information content (AvgIpc) is 2.93. The summed E-state index contributed by atoms with van der Waals surface area (Å²) in [4.78, 5) is 30.7. The van der Waals surface area contributed by atoms with Gasteiger partial charge in [0.05, 0.1) is 0 Å². The number of hydrogen-bond acceptors (Lipinski definition) is 5. The fraction of sp³-hybridized carbons (Fsp3) is 0.250. The molecule has 3 rings (SSSR count). The lowest BCUT2D eigenvalue weighted by Crippen LogP contribution is -2.41. The molecule has 158 valence electrons. The first-order valence-electron chi connectivity index (χ1n) is 8.93. The smallest absolute Gasteiger partial charge is 0.387 e. The van der Waals surface area contributed by atoms with Gasteiger partial charge in [-0.25, -0.2) is 4.99 Å². The number of rotatable bonds is 7. The summed E-state index contributed by atoms with van der Waals surface area (Å²) in [6.45, 7) is -2.97. The van der Waals surface area contributed by atoms with Crippen LogP contribution in [0.4, 0.5) is 14.5 Å². The molecule has 0 fully saturated rings. The number of aliphatic imine (C=N–C) groups is 1. The lowest BCUT2D eigenvalue weighted by molar-refractivity contribution is -0.129. The Bertz CT molecular complexity index is 984. The zero-order valence-corrected chi connectivity index (χ0v) is 16.7. The molecule has 1 unspecified atom stereocenters. The van der Waals surface area contributed by atoms with Crippen LogP contribution in [-0.4, -0.2) is 42.2 Å². The normalized spacial score (nSPS) is 18.5. The maximum absolute atomic E-state index is 13.2. The van der Waals surface area contributed by atoms with Crippen LogP contribution >= 0.6 is 11.6 Å². The van der Waals surface area contributed by atoms with Crippen molar-refractivity contribution in [3.63, 3.8) is 0 Å². The number of alkyl halides is 3. The molecule has 30 heavy (non-hydrogen) atoms. The van der Waals surface area contributed by atoms with E-state index >= 15 is 0 Å². The Hall–Kier alpha value is -3.20. The summed E-state index contributed by atoms with van der Waals surface area (Å²) in [6.07, 6.45) is 0.134. The third-order valence-electron chi connectivity index (χ3n) is 4.62. The maximum atomic E-state index is 13.2. The summed E-state index contributed by atoms with van der Waals surface area (Å²) in [5.74, 6) is -0.576. The first-order chi connectivity index (χ1) is 14.3. The predicted molar refractivity (Wildman–Crippen MR) is 109 cm³/mol. The zero-order chi connectivity index (χ0) is 21.9. The number of nitrogens with two attached hydrogens (primary N) is 1. The highest BCUT2D eigenvalue weighted by atomic mass is 35.5. The molecule has 1 heterocycles. The van der Waals surface area contributed by atoms with Gasteiger partial charge < -0.3 is 15.8 Å². The highest BCUT2D eigenvalue weighted by Crippen LogP contribution is 2.40. The molecule has 0 aliphatic carbocycles. The number of likely N-dealkylation sites (N-methyl/N-ethyl adjacent to an activating group) is 1. The monoisotopic (exact) mass is 436 g/mol. The highest BCUT2D eigenvalue weighted by molar-refractivity contribution is 6.19. The third kappa shape index (κ3) is 4.06. The van der Waals surface area contributed by atoms with Crippen molar-refractivity contribution in [2.45, 2.75) is 18.6 Å². The van der Waals surface area contributed by atoms with E-state index in [-0.39, 0.29) is 29.9 Å². The Morgan fingerprint density at radius 3 is 2.53 bits per heavy atom. The number of carbonyl (C=O) groups is 2. The number of anilines is 1. The molecule has 1 atom stereocenters. The van der Waals surface area contributed by atoms with Crippen molar-refractivity contribution in [3.05, 3.63) is 59.7 Å². The van der Waals surface area contributed by atoms with Gasteiger partial charge in [-0.15, -0.1) is 11.6 Å². The van der Waals surface area contributed by atoms with E-state index in [1.165, 1.54) is 36.2 Å². The van der Waals surface area contributed by atoms with Crippen LogP contribution in [0.1, 0.15) is 17.5 Å². The fourth-order valence-corrected chi connectivity index (χ4v) is 3.36. The number of halogens is 3. The van der Waals surface area contributed by atoms with Crippen LogP contribution in [0.2, 0.25) is 0 Å². The van der Waals surface area contributed by atoms with Gasteiger partial charge in [-0.1, -0.05) is 24.3 Å². The van der Waals surface area contributed by atoms with Gasteiger partial charge in [-0.05, 0) is 35.4 Å². The number of nitrogens with one attached hydrogen (secondary N) is 1. The van der Waals surface area contributed by atoms with Crippen molar-refractivity contribution in [1.29, 1.82) is 0 Å². The number of amides is 2. The van der Waals surface area contributed by atoms with E-state index in [4.69, 9.17) is 17.3 Å². The predicted octanol–water partition coefficient (Wildman–Crippen LogP) is 2.89. The van der Waals surface area contributed by atoms with E-state index in [0.29, 0.717) is 16.8 Å². The standard InChI is InChI=1S/C20H19ClF2N4O3/c1-27-17(29)20(26-19(27)24,12-5-7-15(8-6-12)30-18(22)23)13-3-2-4-14(11-13)25-16(28)9-10-21/h2-8,11,18H,9-10H2,1H3,(H2,24,26)(H,25,28). The van der Waals surface area contributed by atoms with Crippen LogP contribution in [-0.2, 0) is 15.1 Å². The lowest BCUT2D eigenvalue weighted by Gasteiger charge is -2.26. The van der Waals surface area contributed by atoms with Gasteiger partial charge in [0.25, 0.3) is 5.91 Å². The van der Waals surface area contributed by atoms with Gasteiger partial charge >= 0.3 is 6.61 Å². The second-order valence-corrected chi connectivity index (χ2v) is 6.89. The minimum absolute atomic E-state index is 0.00415. The van der Waals surface area contributed by atoms with Crippen molar-refractivity contribution in [2.75, 3.05) is 18.2 Å². The molecular weight excluding hydrogens is 418 g/mol. The highest BCUT2D eigenvalue weighted by Gasteiger charge is 2.49. The molecule has 0 saturated heterocycles. The van der Waals surface area contributed by atoms with Crippen LogP contribution in [0.3, 0.4) is 0 Å². The molecule has 1 aliphatic heterocycles. The van der Waals surface area contributed by atoms with Crippen LogP contribution in [0.15, 0.2) is 53.5 Å². The lowest BCUT2D eigenvalue weighted by atomic mass is 9.82. The first kappa shape index (κ1) is 21.5. The van der Waals surface area contributed by atoms with Gasteiger partial charge in [0.15, 0.2) is 11.5 Å². The van der Waals surface area contributed by atoms with E-state index in [9.17, 15) is 18.4 Å². The van der Waals surface area contributed by atoms with Gasteiger partial charge in [-0.3, -0.25) is 14.5 Å². The molecule has 0 saturated carbocycles. The minimum Gasteiger partial charge on any atom is -0.435 e. The zero-order valence-electron chi connectivity index (χ0n) is 15.9. The molecule has 2 aromatic carbocycles. The van der Waals surface area contributed by atoms with Crippen molar-refractivity contribution < 1.29 is 23.1 Å². The van der Waals surface area contributed by atoms with E-state index in [2.05, 4.69) is 15.0 Å². The summed E-state index contributed by atoms with van der Waals surface area (Å²) >= 11 is 5.60. The molecule has 2 aromatic rings. The molecule has 0 spiro atoms. The quantitative estimate of drug-likeness (QED) is 0.652. The number of hydrogen-bond donors (Lipinski definition) is 2. The minimum atomic E-state index is -2.97. The molecule has 3 N–H and O–H groups in total. The Kier molecular flexibility index (Phi) is 6.21. The molecule has 0 bridgehead atoms. The van der Waals surface area contributed by atoms with Crippen molar-refractivity contribution in [1.82, 2.24) is 4.90 Å². The average molecular weight is 437 g/mol. The number of benzene rings is 2. The first-order valence-corrected chi connectivity index (χ1v) is 9.46. The molecule has 10 heteroatoms. The maximum Gasteiger partial charge on any atom is 0.387 e. The molecular formula is C20H19ClF2N4O3. The van der Waals surface area contributed by atoms with E-state index in [1.54, 1.807) is 24.3 Å². The van der Waals surface area contributed by atoms with E-state index in [1.807, 2.05) is 0 Å². The second-order valence-electron chi connectivity index (χ2n) is 6.52. The summed E-state index contributed by atoms with van der Waals surface area (Å²) < 4.78 is 29.3. The van der Waals surface area contributed by atoms with Gasteiger partial charge in [-0.2, -0.15) is 8.78 Å². The molecule has 1 aliphatic rings. The Morgan fingerprint density at radius 1 is 1.27 bits per heavy atom. The van der Waals surface area contributed by atoms with Gasteiger partial charge in [0.2, 0.25) is 5.91 Å². The molecule has 2 amide bonds. The molecule has 0 aromatic heterocycles. The molecule has 7 nitrogen and oxygen atoms in total. The van der Waals surface area contributed by atoms with E-state index < -0.39 is 18.1 Å². The van der Waals surface area contributed by atoms with Crippen molar-refractivity contribution in [2.24, 2.45) is 10.7 Å². The topological polar surface area (TPSA) is 97.0 Å². The summed E-state index contributed by atoms with van der Waals surface area (Å²) in [5, 5.41) is 2.71. The Labute approximate surface area is 176 Å². The number of guanidine groups is 1. The van der Waals surface area contributed by atoms with Crippen LogP contribution in [0, 0.1) is 0 Å². The Balaban J connectivity index is 2.07. The number of ether oxygens (including phenoxy) is 1. The molecule has 0 radical (unpaired) electrons. The third-order valence-corrected chi connectivity index (χ3v) is 4.81. The van der Waals surface area contributed by atoms with Crippen molar-refractivity contribution in [3.8, 4) is 5.75 Å². The number of nitrogens with zero attached hydrogens (tertiary/aromatic N) is 2. The summed E-state index contributed by atoms with van der Waals surface area (Å²) in [5.41, 5.74) is 5.70. The van der Waals surface area contributed by atoms with Crippen LogP contribution in [0.25, 0.3) is 0 Å². The van der Waals surface area contributed by atoms with Crippen LogP contribution < -0.4 is 15.8 Å². The van der Waals surface area contributed by atoms with Gasteiger partial charge in [0, 0.05) is 25.0 Å². The second kappa shape index (κ2) is 8.66. The summed E-state index contributed by atoms with van der Waals surface area (Å²) in [7, 11) is 1.49. The number of carbonyl (C=O) groups excluding carboxylic acids is 2. The Morgan fingerprint density at radius 2 is 1.97 bits per heavy atom. The summed E-state index contributed by atoms with van der Waals surface area (Å²) in [6, 6.07) is 12.2. The largest absolute Gasteiger partial charge is 0.435 e. The SMILES string of the molecule is CN1C(=O)C(c2ccc(OC(F)F)cc2)(c2cccc(NC(=O)CCCl)c2)N=C1N. The van der Waals surface area contributed by atoms with E-state index in [0.717, 1.165) is 0 Å². The van der Waals surface area contributed by atoms with Crippen molar-refractivity contribution >= 4 is 35.1 Å². The van der Waals surface area contributed by atoms with Gasteiger partial charge in [0.1, 0.15) is 5.75 Å².